The number of hydrogen-bond acceptors (Lipinski definition) is 5. The molecule has 0 aliphatic rings. The second-order valence-corrected chi connectivity index (χ2v) is 6.42. The third-order valence-electron chi connectivity index (χ3n) is 3.61. The summed E-state index contributed by atoms with van der Waals surface area (Å²) in [4.78, 5) is 9.04. The molecule has 0 unspecified atom stereocenters. The van der Waals surface area contributed by atoms with E-state index in [1.54, 1.807) is 18.2 Å². The smallest absolute Gasteiger partial charge is 0.225 e. The van der Waals surface area contributed by atoms with Crippen molar-refractivity contribution in [3.05, 3.63) is 64.6 Å². The predicted molar refractivity (Wildman–Crippen MR) is 107 cm³/mol. The summed E-state index contributed by atoms with van der Waals surface area (Å²) in [6.07, 6.45) is 0.616. The average molecular weight is 389 g/mol. The van der Waals surface area contributed by atoms with Crippen LogP contribution in [0.25, 0.3) is 11.3 Å². The zero-order valence-corrected chi connectivity index (χ0v) is 15.4. The molecular weight excluding hydrogens is 371 g/mol. The van der Waals surface area contributed by atoms with Crippen LogP contribution in [-0.2, 0) is 0 Å². The van der Waals surface area contributed by atoms with E-state index in [4.69, 9.17) is 28.3 Å². The van der Waals surface area contributed by atoms with E-state index in [0.29, 0.717) is 40.5 Å². The minimum Gasteiger partial charge on any atom is -0.396 e. The molecule has 0 saturated carbocycles. The summed E-state index contributed by atoms with van der Waals surface area (Å²) in [7, 11) is 0. The molecule has 0 spiro atoms. The van der Waals surface area contributed by atoms with Crippen molar-refractivity contribution in [3.63, 3.8) is 0 Å². The van der Waals surface area contributed by atoms with Gasteiger partial charge in [0, 0.05) is 29.8 Å². The molecular formula is C19H18Cl2N4O. The Morgan fingerprint density at radius 3 is 2.50 bits per heavy atom. The minimum absolute atomic E-state index is 0.108. The van der Waals surface area contributed by atoms with Crippen LogP contribution >= 0.6 is 23.2 Å². The standard InChI is InChI=1S/C19H18Cl2N4O/c20-14-7-8-16(15(21)11-14)23-18-12-17(13-5-2-1-3-6-13)24-19(25-18)22-9-4-10-26/h1-3,5-8,11-12,26H,4,9-10H2,(H2,22,23,24,25). The molecule has 1 aromatic heterocycles. The van der Waals surface area contributed by atoms with Crippen LogP contribution in [0.2, 0.25) is 10.0 Å². The third-order valence-corrected chi connectivity index (χ3v) is 4.16. The number of aromatic nitrogens is 2. The fourth-order valence-electron chi connectivity index (χ4n) is 2.36. The van der Waals surface area contributed by atoms with E-state index in [1.807, 2.05) is 36.4 Å². The topological polar surface area (TPSA) is 70.1 Å². The Bertz CT molecular complexity index is 875. The van der Waals surface area contributed by atoms with Gasteiger partial charge >= 0.3 is 0 Å². The van der Waals surface area contributed by atoms with Crippen LogP contribution in [0.15, 0.2) is 54.6 Å². The third kappa shape index (κ3) is 4.85. The van der Waals surface area contributed by atoms with Gasteiger partial charge in [0.05, 0.1) is 16.4 Å². The summed E-state index contributed by atoms with van der Waals surface area (Å²) in [6.45, 7) is 0.687. The maximum Gasteiger partial charge on any atom is 0.225 e. The Kier molecular flexibility index (Phi) is 6.28. The van der Waals surface area contributed by atoms with Gasteiger partial charge in [-0.1, -0.05) is 53.5 Å². The molecule has 3 rings (SSSR count). The highest BCUT2D eigenvalue weighted by molar-refractivity contribution is 6.36. The molecule has 0 saturated heterocycles. The largest absolute Gasteiger partial charge is 0.396 e. The predicted octanol–water partition coefficient (Wildman–Crippen LogP) is 4.99. The van der Waals surface area contributed by atoms with Crippen LogP contribution in [0.4, 0.5) is 17.5 Å². The van der Waals surface area contributed by atoms with Crippen LogP contribution in [0.5, 0.6) is 0 Å². The van der Waals surface area contributed by atoms with Gasteiger partial charge in [-0.05, 0) is 24.6 Å². The molecule has 0 bridgehead atoms. The van der Waals surface area contributed by atoms with Crippen molar-refractivity contribution >= 4 is 40.7 Å². The number of halogens is 2. The molecule has 0 amide bonds. The summed E-state index contributed by atoms with van der Waals surface area (Å²) in [6, 6.07) is 16.9. The molecule has 0 atom stereocenters. The Morgan fingerprint density at radius 2 is 1.77 bits per heavy atom. The summed E-state index contributed by atoms with van der Waals surface area (Å²) in [5.41, 5.74) is 2.46. The van der Waals surface area contributed by atoms with Crippen molar-refractivity contribution in [1.29, 1.82) is 0 Å². The zero-order chi connectivity index (χ0) is 18.4. The molecule has 0 fully saturated rings. The van der Waals surface area contributed by atoms with E-state index in [-0.39, 0.29) is 6.61 Å². The van der Waals surface area contributed by atoms with E-state index in [2.05, 4.69) is 20.6 Å². The Balaban J connectivity index is 1.93. The van der Waals surface area contributed by atoms with Gasteiger partial charge in [-0.3, -0.25) is 0 Å². The van der Waals surface area contributed by atoms with Crippen molar-refractivity contribution in [2.45, 2.75) is 6.42 Å². The van der Waals surface area contributed by atoms with Crippen LogP contribution in [0.1, 0.15) is 6.42 Å². The first-order chi connectivity index (χ1) is 12.7. The monoisotopic (exact) mass is 388 g/mol. The van der Waals surface area contributed by atoms with E-state index in [0.717, 1.165) is 11.3 Å². The fourth-order valence-corrected chi connectivity index (χ4v) is 2.81. The molecule has 1 heterocycles. The number of benzene rings is 2. The lowest BCUT2D eigenvalue weighted by atomic mass is 10.1. The SMILES string of the molecule is OCCCNc1nc(Nc2ccc(Cl)cc2Cl)cc(-c2ccccc2)n1. The lowest BCUT2D eigenvalue weighted by molar-refractivity contribution is 0.292. The molecule has 26 heavy (non-hydrogen) atoms. The molecule has 0 aliphatic carbocycles. The quantitative estimate of drug-likeness (QED) is 0.497. The second kappa shape index (κ2) is 8.85. The number of nitrogens with zero attached hydrogens (tertiary/aromatic N) is 2. The number of aliphatic hydroxyl groups is 1. The first-order valence-electron chi connectivity index (χ1n) is 8.17. The number of aliphatic hydroxyl groups excluding tert-OH is 1. The van der Waals surface area contributed by atoms with Crippen LogP contribution in [0.3, 0.4) is 0 Å². The van der Waals surface area contributed by atoms with E-state index in [1.165, 1.54) is 0 Å². The summed E-state index contributed by atoms with van der Waals surface area (Å²) in [5.74, 6) is 1.09. The Labute approximate surface area is 162 Å². The maximum absolute atomic E-state index is 8.96. The number of hydrogen-bond donors (Lipinski definition) is 3. The lowest BCUT2D eigenvalue weighted by Gasteiger charge is -2.12. The summed E-state index contributed by atoms with van der Waals surface area (Å²) >= 11 is 12.2. The van der Waals surface area contributed by atoms with Crippen molar-refractivity contribution in [1.82, 2.24) is 9.97 Å². The zero-order valence-electron chi connectivity index (χ0n) is 13.9. The van der Waals surface area contributed by atoms with Gasteiger partial charge in [0.2, 0.25) is 5.95 Å². The number of anilines is 3. The highest BCUT2D eigenvalue weighted by atomic mass is 35.5. The van der Waals surface area contributed by atoms with Gasteiger partial charge in [-0.15, -0.1) is 0 Å². The molecule has 0 aliphatic heterocycles. The van der Waals surface area contributed by atoms with E-state index in [9.17, 15) is 0 Å². The molecule has 2 aromatic carbocycles. The van der Waals surface area contributed by atoms with Crippen LogP contribution < -0.4 is 10.6 Å². The van der Waals surface area contributed by atoms with Gasteiger partial charge in [0.25, 0.3) is 0 Å². The first kappa shape index (κ1) is 18.5. The number of rotatable bonds is 7. The molecule has 5 nitrogen and oxygen atoms in total. The average Bonchev–Trinajstić information content (AvgIpc) is 2.65. The van der Waals surface area contributed by atoms with Gasteiger partial charge < -0.3 is 15.7 Å². The molecule has 7 heteroatoms. The van der Waals surface area contributed by atoms with E-state index >= 15 is 0 Å². The van der Waals surface area contributed by atoms with Gasteiger partial charge in [0.15, 0.2) is 0 Å². The summed E-state index contributed by atoms with van der Waals surface area (Å²) in [5, 5.41) is 16.4. The normalized spacial score (nSPS) is 10.6. The van der Waals surface area contributed by atoms with Crippen LogP contribution in [0, 0.1) is 0 Å². The van der Waals surface area contributed by atoms with Crippen molar-refractivity contribution in [2.75, 3.05) is 23.8 Å². The van der Waals surface area contributed by atoms with Gasteiger partial charge in [-0.25, -0.2) is 4.98 Å². The Hall–Kier alpha value is -2.34. The molecule has 3 aromatic rings. The molecule has 0 radical (unpaired) electrons. The second-order valence-electron chi connectivity index (χ2n) is 5.58. The van der Waals surface area contributed by atoms with Crippen molar-refractivity contribution in [3.8, 4) is 11.3 Å². The number of nitrogens with one attached hydrogen (secondary N) is 2. The van der Waals surface area contributed by atoms with Crippen molar-refractivity contribution in [2.24, 2.45) is 0 Å². The fraction of sp³-hybridized carbons (Fsp3) is 0.158. The van der Waals surface area contributed by atoms with E-state index < -0.39 is 0 Å². The minimum atomic E-state index is 0.108. The molecule has 134 valence electrons. The Morgan fingerprint density at radius 1 is 0.962 bits per heavy atom. The van der Waals surface area contributed by atoms with Crippen LogP contribution in [-0.4, -0.2) is 28.2 Å². The highest BCUT2D eigenvalue weighted by Crippen LogP contribution is 2.29. The van der Waals surface area contributed by atoms with Gasteiger partial charge in [-0.2, -0.15) is 4.98 Å². The maximum atomic E-state index is 8.96. The molecule has 3 N–H and O–H groups in total. The van der Waals surface area contributed by atoms with Gasteiger partial charge in [0.1, 0.15) is 5.82 Å². The lowest BCUT2D eigenvalue weighted by Crippen LogP contribution is -2.08. The summed E-state index contributed by atoms with van der Waals surface area (Å²) < 4.78 is 0. The first-order valence-corrected chi connectivity index (χ1v) is 8.92. The van der Waals surface area contributed by atoms with Crippen molar-refractivity contribution < 1.29 is 5.11 Å². The highest BCUT2D eigenvalue weighted by Gasteiger charge is 2.09.